The number of hydrogen-bond donors (Lipinski definition) is 0. The average Bonchev–Trinajstić information content (AvgIpc) is 3.23. The molecule has 1 aliphatic heterocycles. The fourth-order valence-electron chi connectivity index (χ4n) is 3.24. The Kier molecular flexibility index (Phi) is 4.91. The first-order valence-electron chi connectivity index (χ1n) is 8.99. The second-order valence-corrected chi connectivity index (χ2v) is 6.58. The van der Waals surface area contributed by atoms with Gasteiger partial charge in [-0.2, -0.15) is 17.9 Å². The van der Waals surface area contributed by atoms with Crippen molar-refractivity contribution in [2.45, 2.75) is 6.18 Å². The largest absolute Gasteiger partial charge is 0.416 e. The van der Waals surface area contributed by atoms with Crippen LogP contribution in [0.25, 0.3) is 5.69 Å². The molecule has 29 heavy (non-hydrogen) atoms. The Morgan fingerprint density at radius 2 is 1.66 bits per heavy atom. The minimum atomic E-state index is -4.48. The molecular weight excluding hydrogens is 385 g/mol. The van der Waals surface area contributed by atoms with Crippen LogP contribution in [0.4, 0.5) is 19.1 Å². The Hall–Kier alpha value is -3.43. The summed E-state index contributed by atoms with van der Waals surface area (Å²) < 4.78 is 40.3. The summed E-state index contributed by atoms with van der Waals surface area (Å²) in [4.78, 5) is 16.1. The molecule has 3 aromatic rings. The number of carbonyl (C=O) groups excluding carboxylic acids is 1. The monoisotopic (exact) mass is 402 g/mol. The van der Waals surface area contributed by atoms with E-state index >= 15 is 0 Å². The lowest BCUT2D eigenvalue weighted by Gasteiger charge is -2.34. The zero-order valence-corrected chi connectivity index (χ0v) is 15.3. The van der Waals surface area contributed by atoms with Gasteiger partial charge in [0.15, 0.2) is 0 Å². The molecule has 1 aromatic heterocycles. The van der Waals surface area contributed by atoms with Crippen molar-refractivity contribution in [2.75, 3.05) is 31.1 Å². The van der Waals surface area contributed by atoms with Gasteiger partial charge in [-0.3, -0.25) is 4.79 Å². The zero-order chi connectivity index (χ0) is 20.4. The molecule has 0 atom stereocenters. The standard InChI is InChI=1S/C19H17F3N6O/c20-19(21,22)15-6-4-5-14(13-15)17(29)26-9-11-27(12-10-26)18-23-24-25-28(18)16-7-2-1-3-8-16/h1-8,13H,9-12H2. The number of amides is 1. The highest BCUT2D eigenvalue weighted by Gasteiger charge is 2.32. The molecule has 0 bridgehead atoms. The first kappa shape index (κ1) is 18.9. The predicted octanol–water partition coefficient (Wildman–Crippen LogP) is 2.64. The van der Waals surface area contributed by atoms with Crippen LogP contribution in [-0.2, 0) is 6.18 Å². The number of halogens is 3. The van der Waals surface area contributed by atoms with Gasteiger partial charge in [-0.1, -0.05) is 29.4 Å². The normalized spacial score (nSPS) is 14.9. The van der Waals surface area contributed by atoms with Crippen molar-refractivity contribution in [1.29, 1.82) is 0 Å². The minimum Gasteiger partial charge on any atom is -0.336 e. The molecule has 4 rings (SSSR count). The third-order valence-corrected chi connectivity index (χ3v) is 4.74. The number of tetrazole rings is 1. The van der Waals surface area contributed by atoms with Crippen LogP contribution in [0.15, 0.2) is 54.6 Å². The van der Waals surface area contributed by atoms with Gasteiger partial charge >= 0.3 is 6.18 Å². The van der Waals surface area contributed by atoms with Gasteiger partial charge in [0.25, 0.3) is 5.91 Å². The average molecular weight is 402 g/mol. The Labute approximate surface area is 164 Å². The number of piperazine rings is 1. The van der Waals surface area contributed by atoms with E-state index in [1.54, 1.807) is 9.58 Å². The molecule has 0 N–H and O–H groups in total. The van der Waals surface area contributed by atoms with Crippen LogP contribution in [0, 0.1) is 0 Å². The number of aromatic nitrogens is 4. The van der Waals surface area contributed by atoms with E-state index < -0.39 is 17.6 Å². The lowest BCUT2D eigenvalue weighted by Crippen LogP contribution is -2.49. The molecule has 150 valence electrons. The second kappa shape index (κ2) is 7.53. The van der Waals surface area contributed by atoms with Crippen LogP contribution in [0.3, 0.4) is 0 Å². The van der Waals surface area contributed by atoms with Crippen molar-refractivity contribution >= 4 is 11.9 Å². The van der Waals surface area contributed by atoms with Crippen molar-refractivity contribution in [1.82, 2.24) is 25.1 Å². The predicted molar refractivity (Wildman–Crippen MR) is 98.7 cm³/mol. The smallest absolute Gasteiger partial charge is 0.336 e. The summed E-state index contributed by atoms with van der Waals surface area (Å²) in [5.41, 5.74) is 0.0152. The molecule has 7 nitrogen and oxygen atoms in total. The van der Waals surface area contributed by atoms with E-state index in [0.29, 0.717) is 32.1 Å². The van der Waals surface area contributed by atoms with Crippen LogP contribution < -0.4 is 4.90 Å². The number of anilines is 1. The van der Waals surface area contributed by atoms with E-state index in [4.69, 9.17) is 0 Å². The number of para-hydroxylation sites is 1. The van der Waals surface area contributed by atoms with Crippen molar-refractivity contribution in [3.63, 3.8) is 0 Å². The number of carbonyl (C=O) groups is 1. The van der Waals surface area contributed by atoms with Crippen LogP contribution in [0.5, 0.6) is 0 Å². The summed E-state index contributed by atoms with van der Waals surface area (Å²) >= 11 is 0. The molecule has 1 fully saturated rings. The van der Waals surface area contributed by atoms with Gasteiger partial charge < -0.3 is 9.80 Å². The van der Waals surface area contributed by atoms with E-state index in [1.165, 1.54) is 12.1 Å². The lowest BCUT2D eigenvalue weighted by atomic mass is 10.1. The topological polar surface area (TPSA) is 67.2 Å². The maximum Gasteiger partial charge on any atom is 0.416 e. The molecule has 0 unspecified atom stereocenters. The molecule has 0 saturated carbocycles. The number of rotatable bonds is 3. The molecule has 0 spiro atoms. The highest BCUT2D eigenvalue weighted by atomic mass is 19.4. The number of alkyl halides is 3. The fourth-order valence-corrected chi connectivity index (χ4v) is 3.24. The Morgan fingerprint density at radius 1 is 0.931 bits per heavy atom. The summed E-state index contributed by atoms with van der Waals surface area (Å²) in [7, 11) is 0. The van der Waals surface area contributed by atoms with Gasteiger partial charge in [0.1, 0.15) is 0 Å². The summed E-state index contributed by atoms with van der Waals surface area (Å²) in [5.74, 6) is 0.140. The Balaban J connectivity index is 1.46. The summed E-state index contributed by atoms with van der Waals surface area (Å²) in [6.07, 6.45) is -4.48. The van der Waals surface area contributed by atoms with Crippen molar-refractivity contribution in [2.24, 2.45) is 0 Å². The van der Waals surface area contributed by atoms with Gasteiger partial charge in [0.2, 0.25) is 5.95 Å². The third-order valence-electron chi connectivity index (χ3n) is 4.74. The van der Waals surface area contributed by atoms with Crippen molar-refractivity contribution < 1.29 is 18.0 Å². The van der Waals surface area contributed by atoms with Crippen LogP contribution >= 0.6 is 0 Å². The highest BCUT2D eigenvalue weighted by Crippen LogP contribution is 2.30. The minimum absolute atomic E-state index is 0.0300. The van der Waals surface area contributed by atoms with E-state index in [1.807, 2.05) is 35.2 Å². The van der Waals surface area contributed by atoms with Crippen molar-refractivity contribution in [3.05, 3.63) is 65.7 Å². The van der Waals surface area contributed by atoms with E-state index in [9.17, 15) is 18.0 Å². The second-order valence-electron chi connectivity index (χ2n) is 6.58. The molecule has 1 amide bonds. The first-order chi connectivity index (χ1) is 13.9. The highest BCUT2D eigenvalue weighted by molar-refractivity contribution is 5.94. The number of benzene rings is 2. The quantitative estimate of drug-likeness (QED) is 0.674. The maximum atomic E-state index is 12.9. The van der Waals surface area contributed by atoms with Crippen LogP contribution in [-0.4, -0.2) is 57.2 Å². The number of hydrogen-bond acceptors (Lipinski definition) is 5. The fraction of sp³-hybridized carbons (Fsp3) is 0.263. The Morgan fingerprint density at radius 3 is 2.34 bits per heavy atom. The summed E-state index contributed by atoms with van der Waals surface area (Å²) in [6, 6.07) is 13.9. The van der Waals surface area contributed by atoms with Crippen molar-refractivity contribution in [3.8, 4) is 5.69 Å². The molecule has 1 saturated heterocycles. The molecular formula is C19H17F3N6O. The molecule has 0 aliphatic carbocycles. The summed E-state index contributed by atoms with van der Waals surface area (Å²) in [6.45, 7) is 1.66. The molecule has 10 heteroatoms. The van der Waals surface area contributed by atoms with Crippen LogP contribution in [0.2, 0.25) is 0 Å². The van der Waals surface area contributed by atoms with Gasteiger partial charge in [-0.05, 0) is 40.8 Å². The molecule has 0 radical (unpaired) electrons. The number of nitrogens with zero attached hydrogens (tertiary/aromatic N) is 6. The molecule has 2 aromatic carbocycles. The van der Waals surface area contributed by atoms with Gasteiger partial charge in [-0.25, -0.2) is 0 Å². The van der Waals surface area contributed by atoms with Gasteiger partial charge in [0.05, 0.1) is 11.3 Å². The van der Waals surface area contributed by atoms with Crippen LogP contribution in [0.1, 0.15) is 15.9 Å². The molecule has 1 aliphatic rings. The van der Waals surface area contributed by atoms with E-state index in [0.717, 1.165) is 17.8 Å². The van der Waals surface area contributed by atoms with E-state index in [-0.39, 0.29) is 5.56 Å². The summed E-state index contributed by atoms with van der Waals surface area (Å²) in [5, 5.41) is 11.8. The third kappa shape index (κ3) is 3.91. The van der Waals surface area contributed by atoms with Gasteiger partial charge in [-0.15, -0.1) is 0 Å². The first-order valence-corrected chi connectivity index (χ1v) is 8.99. The van der Waals surface area contributed by atoms with Gasteiger partial charge in [0, 0.05) is 31.7 Å². The maximum absolute atomic E-state index is 12.9. The van der Waals surface area contributed by atoms with E-state index in [2.05, 4.69) is 15.5 Å². The zero-order valence-electron chi connectivity index (χ0n) is 15.3. The Bertz CT molecular complexity index is 996. The SMILES string of the molecule is O=C(c1cccc(C(F)(F)F)c1)N1CCN(c2nnnn2-c2ccccc2)CC1. The molecule has 2 heterocycles. The lowest BCUT2D eigenvalue weighted by molar-refractivity contribution is -0.137.